The van der Waals surface area contributed by atoms with Gasteiger partial charge in [0.2, 0.25) is 5.54 Å². The first-order chi connectivity index (χ1) is 9.24. The highest BCUT2D eigenvalue weighted by Gasteiger charge is 2.57. The Bertz CT molecular complexity index is 608. The van der Waals surface area contributed by atoms with E-state index < -0.39 is 17.7 Å². The summed E-state index contributed by atoms with van der Waals surface area (Å²) < 4.78 is 39.2. The van der Waals surface area contributed by atoms with Crippen molar-refractivity contribution in [3.05, 3.63) is 29.3 Å². The second-order valence-corrected chi connectivity index (χ2v) is 5.47. The topological polar surface area (TPSA) is 62.2 Å². The van der Waals surface area contributed by atoms with Crippen molar-refractivity contribution in [2.24, 2.45) is 0 Å². The Morgan fingerprint density at radius 2 is 2.05 bits per heavy atom. The zero-order valence-electron chi connectivity index (χ0n) is 10.4. The maximum Gasteiger partial charge on any atom is 0.417 e. The van der Waals surface area contributed by atoms with Gasteiger partial charge in [-0.2, -0.15) is 13.2 Å². The van der Waals surface area contributed by atoms with Crippen LogP contribution in [0.2, 0.25) is 0 Å². The lowest BCUT2D eigenvalue weighted by atomic mass is 10.0. The van der Waals surface area contributed by atoms with Gasteiger partial charge < -0.3 is 5.11 Å². The van der Waals surface area contributed by atoms with Crippen molar-refractivity contribution in [2.75, 3.05) is 0 Å². The Morgan fingerprint density at radius 3 is 2.60 bits per heavy atom. The van der Waals surface area contributed by atoms with E-state index in [9.17, 15) is 18.0 Å². The van der Waals surface area contributed by atoms with Crippen molar-refractivity contribution < 1.29 is 23.1 Å². The molecule has 0 bridgehead atoms. The predicted molar refractivity (Wildman–Crippen MR) is 68.6 cm³/mol. The number of aromatic nitrogens is 1. The number of para-hydroxylation sites is 1. The zero-order chi connectivity index (χ0) is 15.0. The van der Waals surface area contributed by atoms with Gasteiger partial charge in [0.1, 0.15) is 5.01 Å². The van der Waals surface area contributed by atoms with E-state index >= 15 is 0 Å². The summed E-state index contributed by atoms with van der Waals surface area (Å²) in [5, 5.41) is 11.2. The maximum absolute atomic E-state index is 12.8. The van der Waals surface area contributed by atoms with Crippen LogP contribution in [0, 0.1) is 0 Å². The molecule has 0 aliphatic carbocycles. The number of carboxylic acid groups (broad SMARTS) is 1. The third-order valence-electron chi connectivity index (χ3n) is 2.93. The van der Waals surface area contributed by atoms with E-state index in [2.05, 4.69) is 4.98 Å². The number of nitrogens with one attached hydrogen (secondary N) is 1. The third-order valence-corrected chi connectivity index (χ3v) is 3.96. The number of benzene rings is 1. The molecule has 0 amide bonds. The molecule has 8 heteroatoms. The summed E-state index contributed by atoms with van der Waals surface area (Å²) in [6.45, 7) is 0.338. The molecular weight excluding hydrogens is 293 g/mol. The second kappa shape index (κ2) is 5.02. The standard InChI is InChI=1S/C12H11F3N2O2S/c1-11(10(18)19,12(13,14)15)16-6-9-17-7-4-2-3-5-8(7)20-9/h2-5,16H,6H2,1H3,(H,18,19). The molecule has 2 rings (SSSR count). The van der Waals surface area contributed by atoms with Gasteiger partial charge in [-0.1, -0.05) is 12.1 Å². The van der Waals surface area contributed by atoms with E-state index in [0.717, 1.165) is 4.70 Å². The van der Waals surface area contributed by atoms with Crippen molar-refractivity contribution >= 4 is 27.5 Å². The lowest BCUT2D eigenvalue weighted by Crippen LogP contribution is -2.59. The number of hydrogen-bond donors (Lipinski definition) is 2. The molecule has 1 aromatic heterocycles. The van der Waals surface area contributed by atoms with Crippen molar-refractivity contribution in [1.29, 1.82) is 0 Å². The Kier molecular flexibility index (Phi) is 3.70. The Morgan fingerprint density at radius 1 is 1.40 bits per heavy atom. The Balaban J connectivity index is 2.19. The number of hydrogen-bond acceptors (Lipinski definition) is 4. The molecule has 1 unspecified atom stereocenters. The van der Waals surface area contributed by atoms with E-state index in [0.29, 0.717) is 17.4 Å². The average Bonchev–Trinajstić information content (AvgIpc) is 2.76. The van der Waals surface area contributed by atoms with Gasteiger partial charge in [0.05, 0.1) is 10.2 Å². The fourth-order valence-electron chi connectivity index (χ4n) is 1.55. The molecule has 0 fully saturated rings. The highest BCUT2D eigenvalue weighted by molar-refractivity contribution is 7.18. The van der Waals surface area contributed by atoms with Gasteiger partial charge in [-0.3, -0.25) is 5.32 Å². The molecule has 0 aliphatic rings. The molecule has 1 atom stereocenters. The number of fused-ring (bicyclic) bond motifs is 1. The number of carboxylic acids is 1. The minimum absolute atomic E-state index is 0.262. The van der Waals surface area contributed by atoms with Gasteiger partial charge in [0.25, 0.3) is 0 Å². The highest BCUT2D eigenvalue weighted by Crippen LogP contribution is 2.31. The Hall–Kier alpha value is -1.67. The third kappa shape index (κ3) is 2.61. The van der Waals surface area contributed by atoms with Crippen molar-refractivity contribution in [1.82, 2.24) is 10.3 Å². The molecule has 4 nitrogen and oxygen atoms in total. The number of thiazole rings is 1. The predicted octanol–water partition coefficient (Wildman–Crippen LogP) is 2.79. The molecule has 0 saturated heterocycles. The van der Waals surface area contributed by atoms with Crippen molar-refractivity contribution in [2.45, 2.75) is 25.2 Å². The number of alkyl halides is 3. The van der Waals surface area contributed by atoms with Crippen LogP contribution < -0.4 is 5.32 Å². The van der Waals surface area contributed by atoms with Gasteiger partial charge in [-0.25, -0.2) is 9.78 Å². The van der Waals surface area contributed by atoms with Crippen LogP contribution in [-0.4, -0.2) is 27.8 Å². The number of carbonyl (C=O) groups is 1. The minimum Gasteiger partial charge on any atom is -0.480 e. The van der Waals surface area contributed by atoms with Gasteiger partial charge in [-0.15, -0.1) is 11.3 Å². The van der Waals surface area contributed by atoms with Crippen LogP contribution in [0.3, 0.4) is 0 Å². The fourth-order valence-corrected chi connectivity index (χ4v) is 2.45. The zero-order valence-corrected chi connectivity index (χ0v) is 11.2. The average molecular weight is 304 g/mol. The summed E-state index contributed by atoms with van der Waals surface area (Å²) in [6, 6.07) is 7.12. The molecule has 1 aromatic carbocycles. The fraction of sp³-hybridized carbons (Fsp3) is 0.333. The smallest absolute Gasteiger partial charge is 0.417 e. The monoisotopic (exact) mass is 304 g/mol. The first kappa shape index (κ1) is 14.7. The van der Waals surface area contributed by atoms with Crippen LogP contribution in [0.15, 0.2) is 24.3 Å². The van der Waals surface area contributed by atoms with Crippen LogP contribution in [0.25, 0.3) is 10.2 Å². The molecule has 20 heavy (non-hydrogen) atoms. The SMILES string of the molecule is CC(NCc1nc2ccccc2s1)(C(=O)O)C(F)(F)F. The second-order valence-electron chi connectivity index (χ2n) is 4.36. The van der Waals surface area contributed by atoms with Gasteiger partial charge in [0.15, 0.2) is 0 Å². The summed E-state index contributed by atoms with van der Waals surface area (Å²) in [5.74, 6) is -1.97. The summed E-state index contributed by atoms with van der Waals surface area (Å²) in [7, 11) is 0. The summed E-state index contributed by atoms with van der Waals surface area (Å²) in [6.07, 6.45) is -4.89. The first-order valence-corrected chi connectivity index (χ1v) is 6.45. The van der Waals surface area contributed by atoms with E-state index in [1.807, 2.05) is 5.32 Å². The molecule has 0 spiro atoms. The molecular formula is C12H11F3N2O2S. The van der Waals surface area contributed by atoms with Gasteiger partial charge in [-0.05, 0) is 19.1 Å². The molecule has 1 heterocycles. The normalized spacial score (nSPS) is 15.2. The van der Waals surface area contributed by atoms with Crippen molar-refractivity contribution in [3.8, 4) is 0 Å². The molecule has 2 aromatic rings. The van der Waals surface area contributed by atoms with Gasteiger partial charge in [0, 0.05) is 6.54 Å². The van der Waals surface area contributed by atoms with E-state index in [1.54, 1.807) is 24.3 Å². The van der Waals surface area contributed by atoms with Gasteiger partial charge >= 0.3 is 12.1 Å². The van der Waals surface area contributed by atoms with Crippen LogP contribution in [0.1, 0.15) is 11.9 Å². The number of nitrogens with zero attached hydrogens (tertiary/aromatic N) is 1. The Labute approximate surface area is 116 Å². The summed E-state index contributed by atoms with van der Waals surface area (Å²) in [4.78, 5) is 15.0. The van der Waals surface area contributed by atoms with Crippen LogP contribution in [0.4, 0.5) is 13.2 Å². The molecule has 108 valence electrons. The largest absolute Gasteiger partial charge is 0.480 e. The molecule has 0 aliphatic heterocycles. The molecule has 0 saturated carbocycles. The summed E-state index contributed by atoms with van der Waals surface area (Å²) >= 11 is 1.23. The number of aliphatic carboxylic acids is 1. The first-order valence-electron chi connectivity index (χ1n) is 5.63. The van der Waals surface area contributed by atoms with E-state index in [-0.39, 0.29) is 6.54 Å². The van der Waals surface area contributed by atoms with Crippen LogP contribution in [0.5, 0.6) is 0 Å². The molecule has 0 radical (unpaired) electrons. The van der Waals surface area contributed by atoms with E-state index in [1.165, 1.54) is 11.3 Å². The maximum atomic E-state index is 12.8. The highest BCUT2D eigenvalue weighted by atomic mass is 32.1. The van der Waals surface area contributed by atoms with Crippen molar-refractivity contribution in [3.63, 3.8) is 0 Å². The lowest BCUT2D eigenvalue weighted by molar-refractivity contribution is -0.206. The van der Waals surface area contributed by atoms with Crippen LogP contribution in [-0.2, 0) is 11.3 Å². The summed E-state index contributed by atoms with van der Waals surface area (Å²) in [5.41, 5.74) is -2.32. The lowest BCUT2D eigenvalue weighted by Gasteiger charge is -2.28. The number of rotatable bonds is 4. The van der Waals surface area contributed by atoms with Crippen LogP contribution >= 0.6 is 11.3 Å². The quantitative estimate of drug-likeness (QED) is 0.912. The minimum atomic E-state index is -4.89. The number of halogens is 3. The van der Waals surface area contributed by atoms with E-state index in [4.69, 9.17) is 5.11 Å². The molecule has 2 N–H and O–H groups in total.